The van der Waals surface area contributed by atoms with Crippen LogP contribution in [0.5, 0.6) is 5.75 Å². The van der Waals surface area contributed by atoms with Crippen molar-refractivity contribution in [2.75, 3.05) is 13.1 Å². The summed E-state index contributed by atoms with van der Waals surface area (Å²) in [5.41, 5.74) is 1.62. The lowest BCUT2D eigenvalue weighted by Gasteiger charge is -2.20. The molecule has 2 N–H and O–H groups in total. The van der Waals surface area contributed by atoms with E-state index in [2.05, 4.69) is 10.6 Å². The Bertz CT molecular complexity index is 770. The van der Waals surface area contributed by atoms with E-state index in [1.54, 1.807) is 18.2 Å². The number of hydrogen-bond donors (Lipinski definition) is 2. The largest absolute Gasteiger partial charge is 0.489 e. The first-order valence-electron chi connectivity index (χ1n) is 10.0. The molecule has 2 aromatic rings. The van der Waals surface area contributed by atoms with Crippen molar-refractivity contribution in [3.63, 3.8) is 0 Å². The van der Waals surface area contributed by atoms with Gasteiger partial charge in [0.2, 0.25) is 5.91 Å². The first-order chi connectivity index (χ1) is 13.7. The molecule has 148 valence electrons. The zero-order valence-electron chi connectivity index (χ0n) is 16.2. The third kappa shape index (κ3) is 6.12. The molecule has 2 aromatic carbocycles. The quantitative estimate of drug-likeness (QED) is 0.687. The number of rotatable bonds is 8. The average molecular weight is 380 g/mol. The number of benzene rings is 2. The van der Waals surface area contributed by atoms with Crippen LogP contribution in [-0.4, -0.2) is 24.9 Å². The van der Waals surface area contributed by atoms with Gasteiger partial charge in [0.1, 0.15) is 12.4 Å². The van der Waals surface area contributed by atoms with E-state index in [4.69, 9.17) is 4.74 Å². The van der Waals surface area contributed by atoms with Gasteiger partial charge in [0.25, 0.3) is 5.91 Å². The zero-order valence-corrected chi connectivity index (χ0v) is 16.2. The normalized spacial score (nSPS) is 14.3. The Balaban J connectivity index is 1.41. The van der Waals surface area contributed by atoms with Gasteiger partial charge in [-0.1, -0.05) is 55.7 Å². The smallest absolute Gasteiger partial charge is 0.251 e. The predicted octanol–water partition coefficient (Wildman–Crippen LogP) is 3.69. The van der Waals surface area contributed by atoms with E-state index in [1.807, 2.05) is 36.4 Å². The van der Waals surface area contributed by atoms with Crippen LogP contribution < -0.4 is 15.4 Å². The molecule has 0 radical (unpaired) electrons. The van der Waals surface area contributed by atoms with E-state index in [0.29, 0.717) is 31.0 Å². The Morgan fingerprint density at radius 1 is 0.893 bits per heavy atom. The molecule has 0 aliphatic heterocycles. The van der Waals surface area contributed by atoms with Gasteiger partial charge in [0.05, 0.1) is 0 Å². The van der Waals surface area contributed by atoms with Gasteiger partial charge >= 0.3 is 0 Å². The van der Waals surface area contributed by atoms with Gasteiger partial charge < -0.3 is 15.4 Å². The summed E-state index contributed by atoms with van der Waals surface area (Å²) < 4.78 is 5.77. The van der Waals surface area contributed by atoms with Crippen LogP contribution in [0.3, 0.4) is 0 Å². The molecular formula is C23H28N2O3. The van der Waals surface area contributed by atoms with Crippen LogP contribution in [0.4, 0.5) is 0 Å². The maximum absolute atomic E-state index is 12.3. The fourth-order valence-corrected chi connectivity index (χ4v) is 3.44. The Morgan fingerprint density at radius 3 is 2.43 bits per heavy atom. The van der Waals surface area contributed by atoms with Crippen molar-refractivity contribution >= 4 is 11.8 Å². The van der Waals surface area contributed by atoms with Crippen molar-refractivity contribution in [2.24, 2.45) is 5.92 Å². The van der Waals surface area contributed by atoms with Gasteiger partial charge in [-0.3, -0.25) is 9.59 Å². The van der Waals surface area contributed by atoms with E-state index < -0.39 is 0 Å². The van der Waals surface area contributed by atoms with Crippen LogP contribution in [0.25, 0.3) is 0 Å². The Labute approximate surface area is 166 Å². The van der Waals surface area contributed by atoms with Crippen LogP contribution in [0.2, 0.25) is 0 Å². The SMILES string of the molecule is O=C(NCCNC(=O)C1CCCCC1)c1cccc(OCc2ccccc2)c1. The molecule has 1 saturated carbocycles. The molecule has 2 amide bonds. The van der Waals surface area contributed by atoms with Crippen LogP contribution in [0.1, 0.15) is 48.0 Å². The molecule has 0 spiro atoms. The molecule has 1 aliphatic carbocycles. The first-order valence-corrected chi connectivity index (χ1v) is 10.0. The molecule has 3 rings (SSSR count). The van der Waals surface area contributed by atoms with Gasteiger partial charge in [-0.25, -0.2) is 0 Å². The molecule has 1 aliphatic rings. The summed E-state index contributed by atoms with van der Waals surface area (Å²) in [6.45, 7) is 1.32. The summed E-state index contributed by atoms with van der Waals surface area (Å²) in [7, 11) is 0. The van der Waals surface area contributed by atoms with Crippen molar-refractivity contribution < 1.29 is 14.3 Å². The molecule has 0 saturated heterocycles. The zero-order chi connectivity index (χ0) is 19.6. The Hall–Kier alpha value is -2.82. The molecule has 28 heavy (non-hydrogen) atoms. The summed E-state index contributed by atoms with van der Waals surface area (Å²) in [5.74, 6) is 0.743. The summed E-state index contributed by atoms with van der Waals surface area (Å²) >= 11 is 0. The number of amides is 2. The summed E-state index contributed by atoms with van der Waals surface area (Å²) in [6, 6.07) is 17.0. The average Bonchev–Trinajstić information content (AvgIpc) is 2.76. The van der Waals surface area contributed by atoms with Gasteiger partial charge in [-0.15, -0.1) is 0 Å². The van der Waals surface area contributed by atoms with Crippen LogP contribution in [0.15, 0.2) is 54.6 Å². The molecule has 0 atom stereocenters. The highest BCUT2D eigenvalue weighted by atomic mass is 16.5. The van der Waals surface area contributed by atoms with E-state index in [9.17, 15) is 9.59 Å². The molecular weight excluding hydrogens is 352 g/mol. The van der Waals surface area contributed by atoms with Crippen molar-refractivity contribution in [1.82, 2.24) is 10.6 Å². The highest BCUT2D eigenvalue weighted by molar-refractivity contribution is 5.94. The van der Waals surface area contributed by atoms with Crippen molar-refractivity contribution in [2.45, 2.75) is 38.7 Å². The molecule has 0 aromatic heterocycles. The number of ether oxygens (including phenoxy) is 1. The van der Waals surface area contributed by atoms with E-state index in [0.717, 1.165) is 31.2 Å². The van der Waals surface area contributed by atoms with Gasteiger partial charge in [-0.05, 0) is 36.6 Å². The lowest BCUT2D eigenvalue weighted by atomic mass is 9.89. The lowest BCUT2D eigenvalue weighted by Crippen LogP contribution is -2.38. The molecule has 5 heteroatoms. The Kier molecular flexibility index (Phi) is 7.47. The third-order valence-electron chi connectivity index (χ3n) is 5.03. The first kappa shape index (κ1) is 19.9. The maximum Gasteiger partial charge on any atom is 0.251 e. The molecule has 0 bridgehead atoms. The van der Waals surface area contributed by atoms with E-state index in [1.165, 1.54) is 6.42 Å². The highest BCUT2D eigenvalue weighted by Gasteiger charge is 2.20. The van der Waals surface area contributed by atoms with Gasteiger partial charge in [0.15, 0.2) is 0 Å². The second kappa shape index (κ2) is 10.5. The van der Waals surface area contributed by atoms with Crippen LogP contribution >= 0.6 is 0 Å². The number of carbonyl (C=O) groups is 2. The monoisotopic (exact) mass is 380 g/mol. The predicted molar refractivity (Wildman–Crippen MR) is 109 cm³/mol. The maximum atomic E-state index is 12.3. The van der Waals surface area contributed by atoms with Crippen molar-refractivity contribution in [1.29, 1.82) is 0 Å². The molecule has 5 nitrogen and oxygen atoms in total. The summed E-state index contributed by atoms with van der Waals surface area (Å²) in [4.78, 5) is 24.4. The minimum absolute atomic E-state index is 0.116. The van der Waals surface area contributed by atoms with Gasteiger partial charge in [0, 0.05) is 24.6 Å². The number of nitrogens with one attached hydrogen (secondary N) is 2. The topological polar surface area (TPSA) is 67.4 Å². The second-order valence-corrected chi connectivity index (χ2v) is 7.18. The fraction of sp³-hybridized carbons (Fsp3) is 0.391. The molecule has 0 unspecified atom stereocenters. The number of hydrogen-bond acceptors (Lipinski definition) is 3. The minimum Gasteiger partial charge on any atom is -0.489 e. The van der Waals surface area contributed by atoms with Gasteiger partial charge in [-0.2, -0.15) is 0 Å². The second-order valence-electron chi connectivity index (χ2n) is 7.18. The third-order valence-corrected chi connectivity index (χ3v) is 5.03. The molecule has 0 heterocycles. The fourth-order valence-electron chi connectivity index (χ4n) is 3.44. The standard InChI is InChI=1S/C23H28N2O3/c26-22(19-10-5-2-6-11-19)24-14-15-25-23(27)20-12-7-13-21(16-20)28-17-18-8-3-1-4-9-18/h1,3-4,7-9,12-13,16,19H,2,5-6,10-11,14-15,17H2,(H,24,26)(H,25,27). The lowest BCUT2D eigenvalue weighted by molar-refractivity contribution is -0.125. The Morgan fingerprint density at radius 2 is 1.64 bits per heavy atom. The van der Waals surface area contributed by atoms with E-state index in [-0.39, 0.29) is 17.7 Å². The van der Waals surface area contributed by atoms with Crippen LogP contribution in [0, 0.1) is 5.92 Å². The van der Waals surface area contributed by atoms with E-state index >= 15 is 0 Å². The number of carbonyl (C=O) groups excluding carboxylic acids is 2. The molecule has 1 fully saturated rings. The van der Waals surface area contributed by atoms with Crippen molar-refractivity contribution in [3.8, 4) is 5.75 Å². The summed E-state index contributed by atoms with van der Waals surface area (Å²) in [6.07, 6.45) is 5.46. The highest BCUT2D eigenvalue weighted by Crippen LogP contribution is 2.23. The van der Waals surface area contributed by atoms with Crippen molar-refractivity contribution in [3.05, 3.63) is 65.7 Å². The minimum atomic E-state index is -0.169. The summed E-state index contributed by atoms with van der Waals surface area (Å²) in [5, 5.41) is 5.78. The van der Waals surface area contributed by atoms with Crippen LogP contribution in [-0.2, 0) is 11.4 Å².